The van der Waals surface area contributed by atoms with Crippen molar-refractivity contribution in [2.75, 3.05) is 47.0 Å². The first kappa shape index (κ1) is 35.8. The number of aliphatic hydroxyl groups excluding tert-OH is 1. The number of aromatic carboxylic acids is 1. The molecule has 268 valence electrons. The van der Waals surface area contributed by atoms with Crippen LogP contribution in [0.15, 0.2) is 66.7 Å². The van der Waals surface area contributed by atoms with Crippen molar-refractivity contribution < 1.29 is 46.8 Å². The summed E-state index contributed by atoms with van der Waals surface area (Å²) < 4.78 is 70.2. The summed E-state index contributed by atoms with van der Waals surface area (Å²) >= 11 is 0. The second kappa shape index (κ2) is 14.3. The fourth-order valence-corrected chi connectivity index (χ4v) is 8.13. The molecule has 4 atom stereocenters. The van der Waals surface area contributed by atoms with Gasteiger partial charge in [0.1, 0.15) is 5.75 Å². The molecule has 2 saturated heterocycles. The highest BCUT2D eigenvalue weighted by atomic mass is 19.4. The summed E-state index contributed by atoms with van der Waals surface area (Å²) in [4.78, 5) is 29.4. The number of rotatable bonds is 9. The molecule has 0 aromatic heterocycles. The molecule has 3 aromatic carbocycles. The van der Waals surface area contributed by atoms with Gasteiger partial charge in [-0.25, -0.2) is 9.18 Å². The van der Waals surface area contributed by atoms with E-state index in [-0.39, 0.29) is 49.5 Å². The Balaban J connectivity index is 1.32. The van der Waals surface area contributed by atoms with Crippen LogP contribution in [0.4, 0.5) is 17.6 Å². The van der Waals surface area contributed by atoms with Gasteiger partial charge in [-0.05, 0) is 84.3 Å². The van der Waals surface area contributed by atoms with Gasteiger partial charge in [-0.15, -0.1) is 0 Å². The van der Waals surface area contributed by atoms with Crippen LogP contribution < -0.4 is 4.74 Å². The summed E-state index contributed by atoms with van der Waals surface area (Å²) in [6, 6.07) is 16.0. The Morgan fingerprint density at radius 1 is 0.920 bits per heavy atom. The third-order valence-electron chi connectivity index (χ3n) is 11.0. The lowest BCUT2D eigenvalue weighted by Crippen LogP contribution is -2.50. The normalized spacial score (nSPS) is 27.4. The molecule has 1 aliphatic carbocycles. The first-order valence-corrected chi connectivity index (χ1v) is 16.9. The number of carboxylic acids is 1. The van der Waals surface area contributed by atoms with Gasteiger partial charge < -0.3 is 24.6 Å². The second-order valence-corrected chi connectivity index (χ2v) is 13.7. The van der Waals surface area contributed by atoms with Crippen LogP contribution in [0.25, 0.3) is 11.1 Å². The number of benzene rings is 3. The Kier molecular flexibility index (Phi) is 10.3. The quantitative estimate of drug-likeness (QED) is 0.251. The Morgan fingerprint density at radius 3 is 2.18 bits per heavy atom. The lowest BCUT2D eigenvalue weighted by atomic mass is 9.83. The SMILES string of the molecule is COc1ccc([C@@H]2CN(C3CCC(OC)CC3)C[C@@]2(F)C(=O)N2C[C@H](CO)[C@@H](c3ccc(C(F)(F)F)cc3-c3ccc(C(=O)O)cc3)C2)cc1. The van der Waals surface area contributed by atoms with E-state index in [9.17, 15) is 33.0 Å². The molecule has 0 bridgehead atoms. The maximum absolute atomic E-state index is 17.7. The highest BCUT2D eigenvalue weighted by molar-refractivity contribution is 5.89. The van der Waals surface area contributed by atoms with E-state index in [1.165, 1.54) is 35.2 Å². The van der Waals surface area contributed by atoms with Crippen LogP contribution in [0, 0.1) is 5.92 Å². The number of halogens is 4. The predicted octanol–water partition coefficient (Wildman–Crippen LogP) is 6.38. The molecule has 6 rings (SSSR count). The van der Waals surface area contributed by atoms with Gasteiger partial charge in [-0.2, -0.15) is 13.2 Å². The molecule has 2 heterocycles. The molecule has 1 amide bonds. The van der Waals surface area contributed by atoms with Crippen LogP contribution in [0.5, 0.6) is 5.75 Å². The van der Waals surface area contributed by atoms with Gasteiger partial charge in [-0.1, -0.05) is 30.3 Å². The minimum absolute atomic E-state index is 0.00438. The van der Waals surface area contributed by atoms with E-state index in [1.807, 2.05) is 0 Å². The monoisotopic (exact) mass is 698 g/mol. The molecule has 2 N–H and O–H groups in total. The van der Waals surface area contributed by atoms with E-state index in [2.05, 4.69) is 4.90 Å². The maximum Gasteiger partial charge on any atom is 0.416 e. The first-order chi connectivity index (χ1) is 23.9. The molecule has 0 unspecified atom stereocenters. The lowest BCUT2D eigenvalue weighted by molar-refractivity contribution is -0.143. The van der Waals surface area contributed by atoms with Crippen LogP contribution >= 0.6 is 0 Å². The second-order valence-electron chi connectivity index (χ2n) is 13.7. The van der Waals surface area contributed by atoms with Crippen molar-refractivity contribution in [1.82, 2.24) is 9.80 Å². The van der Waals surface area contributed by atoms with E-state index in [4.69, 9.17) is 9.47 Å². The first-order valence-electron chi connectivity index (χ1n) is 16.9. The van der Waals surface area contributed by atoms with Crippen LogP contribution in [-0.4, -0.2) is 96.7 Å². The van der Waals surface area contributed by atoms with Crippen molar-refractivity contribution in [3.63, 3.8) is 0 Å². The number of ether oxygens (including phenoxy) is 2. The van der Waals surface area contributed by atoms with E-state index in [0.29, 0.717) is 29.0 Å². The lowest BCUT2D eigenvalue weighted by Gasteiger charge is -2.34. The zero-order valence-electron chi connectivity index (χ0n) is 28.0. The zero-order valence-corrected chi connectivity index (χ0v) is 28.0. The Bertz CT molecular complexity index is 1680. The zero-order chi connectivity index (χ0) is 35.8. The van der Waals surface area contributed by atoms with Crippen molar-refractivity contribution in [1.29, 1.82) is 0 Å². The minimum Gasteiger partial charge on any atom is -0.497 e. The van der Waals surface area contributed by atoms with Gasteiger partial charge >= 0.3 is 12.1 Å². The van der Waals surface area contributed by atoms with E-state index in [1.54, 1.807) is 38.5 Å². The molecule has 3 aromatic rings. The molecule has 2 aliphatic heterocycles. The van der Waals surface area contributed by atoms with Gasteiger partial charge in [-0.3, -0.25) is 9.69 Å². The molecular weight excluding hydrogens is 656 g/mol. The number of aliphatic hydroxyl groups is 1. The van der Waals surface area contributed by atoms with Gasteiger partial charge in [0, 0.05) is 63.7 Å². The van der Waals surface area contributed by atoms with Gasteiger partial charge in [0.25, 0.3) is 5.91 Å². The Labute approximate surface area is 288 Å². The Hall–Kier alpha value is -4.00. The van der Waals surface area contributed by atoms with E-state index < -0.39 is 47.0 Å². The maximum atomic E-state index is 17.7. The highest BCUT2D eigenvalue weighted by Crippen LogP contribution is 2.46. The minimum atomic E-state index is -4.64. The fourth-order valence-electron chi connectivity index (χ4n) is 8.13. The van der Waals surface area contributed by atoms with Gasteiger partial charge in [0.05, 0.1) is 24.3 Å². The number of methoxy groups -OCH3 is 2. The summed E-state index contributed by atoms with van der Waals surface area (Å²) in [6.45, 7) is -0.110. The third kappa shape index (κ3) is 6.97. The molecule has 8 nitrogen and oxygen atoms in total. The van der Waals surface area contributed by atoms with Crippen LogP contribution in [0.3, 0.4) is 0 Å². The van der Waals surface area contributed by atoms with Crippen molar-refractivity contribution in [2.24, 2.45) is 5.92 Å². The summed E-state index contributed by atoms with van der Waals surface area (Å²) in [6.07, 6.45) is -1.15. The number of alkyl halides is 4. The number of hydrogen-bond acceptors (Lipinski definition) is 6. The number of carbonyl (C=O) groups is 2. The van der Waals surface area contributed by atoms with Crippen LogP contribution in [0.1, 0.15) is 64.6 Å². The van der Waals surface area contributed by atoms with E-state index in [0.717, 1.165) is 37.8 Å². The molecule has 0 radical (unpaired) electrons. The molecule has 50 heavy (non-hydrogen) atoms. The topological polar surface area (TPSA) is 99.5 Å². The van der Waals surface area contributed by atoms with Crippen LogP contribution in [-0.2, 0) is 15.7 Å². The van der Waals surface area contributed by atoms with E-state index >= 15 is 4.39 Å². The summed E-state index contributed by atoms with van der Waals surface area (Å²) in [5.41, 5.74) is -1.52. The number of hydrogen-bond donors (Lipinski definition) is 2. The summed E-state index contributed by atoms with van der Waals surface area (Å²) in [5, 5.41) is 19.8. The highest BCUT2D eigenvalue weighted by Gasteiger charge is 2.57. The van der Waals surface area contributed by atoms with Crippen molar-refractivity contribution in [3.05, 3.63) is 89.0 Å². The van der Waals surface area contributed by atoms with Gasteiger partial charge in [0.2, 0.25) is 5.67 Å². The molecule has 0 spiro atoms. The van der Waals surface area contributed by atoms with Crippen molar-refractivity contribution >= 4 is 11.9 Å². The number of nitrogens with zero attached hydrogens (tertiary/aromatic N) is 2. The Morgan fingerprint density at radius 2 is 1.60 bits per heavy atom. The van der Waals surface area contributed by atoms with Crippen LogP contribution in [0.2, 0.25) is 0 Å². The summed E-state index contributed by atoms with van der Waals surface area (Å²) in [5.74, 6) is -3.22. The number of likely N-dealkylation sites (tertiary alicyclic amines) is 2. The number of amides is 1. The average molecular weight is 699 g/mol. The summed E-state index contributed by atoms with van der Waals surface area (Å²) in [7, 11) is 3.23. The van der Waals surface area contributed by atoms with Gasteiger partial charge in [0.15, 0.2) is 0 Å². The number of carbonyl (C=O) groups excluding carboxylic acids is 1. The molecule has 12 heteroatoms. The molecule has 1 saturated carbocycles. The molecule has 3 fully saturated rings. The smallest absolute Gasteiger partial charge is 0.416 e. The van der Waals surface area contributed by atoms with Crippen molar-refractivity contribution in [3.8, 4) is 16.9 Å². The number of carboxylic acid groups (broad SMARTS) is 1. The largest absolute Gasteiger partial charge is 0.497 e. The fraction of sp³-hybridized carbons (Fsp3) is 0.474. The van der Waals surface area contributed by atoms with Crippen molar-refractivity contribution in [2.45, 2.75) is 61.5 Å². The molecule has 3 aliphatic rings. The molecular formula is C38H42F4N2O6. The standard InChI is InChI=1S/C38H42F4N2O6/c1-49-29-12-7-24(8-13-29)34-20-44(28-10-14-30(50-2)15-11-28)22-37(34,39)36(48)43-18-26(21-45)33(19-43)31-16-9-27(38(40,41)42)17-32(31)23-3-5-25(6-4-23)35(46)47/h3-9,12-13,16-17,26,28,30,33-34,45H,10-11,14-15,18-22H2,1-2H3,(H,46,47)/t26-,28?,30?,33+,34+,37+/m1/s1. The predicted molar refractivity (Wildman–Crippen MR) is 178 cm³/mol. The average Bonchev–Trinajstić information content (AvgIpc) is 3.73. The third-order valence-corrected chi connectivity index (χ3v) is 11.0.